The van der Waals surface area contributed by atoms with Gasteiger partial charge in [-0.3, -0.25) is 19.1 Å². The zero-order valence-corrected chi connectivity index (χ0v) is 21.8. The van der Waals surface area contributed by atoms with E-state index in [9.17, 15) is 14.9 Å². The number of nitrogens with zero attached hydrogens (tertiary/aromatic N) is 4. The number of hydrogen-bond acceptors (Lipinski definition) is 6. The number of amides is 1. The molecule has 0 spiro atoms. The fourth-order valence-corrected chi connectivity index (χ4v) is 5.96. The molecule has 3 rings (SSSR count). The minimum absolute atomic E-state index is 0.0785. The lowest BCUT2D eigenvalue weighted by Gasteiger charge is -2.35. The monoisotopic (exact) mass is 486 g/mol. The van der Waals surface area contributed by atoms with Crippen molar-refractivity contribution in [3.05, 3.63) is 31.9 Å². The fourth-order valence-electron chi connectivity index (χ4n) is 4.67. The average Bonchev–Trinajstić information content (AvgIpc) is 3.05. The van der Waals surface area contributed by atoms with E-state index in [1.54, 1.807) is 23.4 Å². The second-order valence-corrected chi connectivity index (χ2v) is 10.8. The first-order chi connectivity index (χ1) is 15.8. The second-order valence-electron chi connectivity index (χ2n) is 9.15. The molecule has 6 nitrogen and oxygen atoms in total. The number of unbranched alkanes of at least 4 members (excludes halogenated alkanes) is 4. The molecule has 2 aliphatic rings. The van der Waals surface area contributed by atoms with Crippen molar-refractivity contribution in [3.8, 4) is 6.07 Å². The molecule has 0 aliphatic carbocycles. The lowest BCUT2D eigenvalue weighted by molar-refractivity contribution is -0.122. The number of thioether (sulfide) groups is 1. The Hall–Kier alpha value is -2.11. The van der Waals surface area contributed by atoms with Gasteiger partial charge in [-0.25, -0.2) is 0 Å². The molecule has 178 valence electrons. The van der Waals surface area contributed by atoms with Gasteiger partial charge in [-0.05, 0) is 43.7 Å². The van der Waals surface area contributed by atoms with E-state index in [2.05, 4.69) is 24.8 Å². The van der Waals surface area contributed by atoms with Crippen molar-refractivity contribution in [2.45, 2.75) is 65.7 Å². The van der Waals surface area contributed by atoms with E-state index in [0.717, 1.165) is 50.2 Å². The summed E-state index contributed by atoms with van der Waals surface area (Å²) in [5, 5.41) is 9.65. The van der Waals surface area contributed by atoms with Crippen LogP contribution in [0.3, 0.4) is 0 Å². The molecule has 1 atom stereocenters. The smallest absolute Gasteiger partial charge is 0.270 e. The van der Waals surface area contributed by atoms with Gasteiger partial charge in [-0.2, -0.15) is 5.26 Å². The Kier molecular flexibility index (Phi) is 8.77. The maximum atomic E-state index is 13.2. The van der Waals surface area contributed by atoms with Crippen LogP contribution in [0.4, 0.5) is 5.82 Å². The van der Waals surface area contributed by atoms with Crippen LogP contribution in [0.5, 0.6) is 0 Å². The third-order valence-electron chi connectivity index (χ3n) is 6.56. The molecule has 1 unspecified atom stereocenters. The number of rotatable bonds is 8. The van der Waals surface area contributed by atoms with Crippen LogP contribution in [0, 0.1) is 24.2 Å². The molecule has 2 saturated heterocycles. The Morgan fingerprint density at radius 3 is 2.64 bits per heavy atom. The lowest BCUT2D eigenvalue weighted by atomic mass is 9.98. The van der Waals surface area contributed by atoms with E-state index in [4.69, 9.17) is 12.2 Å². The zero-order chi connectivity index (χ0) is 24.1. The number of nitriles is 1. The van der Waals surface area contributed by atoms with Crippen LogP contribution in [-0.4, -0.2) is 39.3 Å². The normalized spacial score (nSPS) is 20.1. The van der Waals surface area contributed by atoms with Crippen LogP contribution >= 0.6 is 24.0 Å². The minimum Gasteiger partial charge on any atom is -0.357 e. The first-order valence-electron chi connectivity index (χ1n) is 11.9. The highest BCUT2D eigenvalue weighted by atomic mass is 32.2. The molecule has 0 bridgehead atoms. The highest BCUT2D eigenvalue weighted by molar-refractivity contribution is 8.26. The summed E-state index contributed by atoms with van der Waals surface area (Å²) in [6.07, 6.45) is 9.66. The van der Waals surface area contributed by atoms with Crippen molar-refractivity contribution in [2.24, 2.45) is 13.0 Å². The largest absolute Gasteiger partial charge is 0.357 e. The maximum Gasteiger partial charge on any atom is 0.270 e. The number of anilines is 1. The predicted molar refractivity (Wildman–Crippen MR) is 140 cm³/mol. The van der Waals surface area contributed by atoms with Crippen molar-refractivity contribution in [3.63, 3.8) is 0 Å². The molecule has 1 aromatic heterocycles. The predicted octanol–water partition coefficient (Wildman–Crippen LogP) is 4.97. The summed E-state index contributed by atoms with van der Waals surface area (Å²) in [5.74, 6) is 1.22. The van der Waals surface area contributed by atoms with Crippen LogP contribution in [0.1, 0.15) is 75.5 Å². The van der Waals surface area contributed by atoms with Gasteiger partial charge in [0.05, 0.1) is 4.91 Å². The summed E-state index contributed by atoms with van der Waals surface area (Å²) in [7, 11) is 1.72. The standard InChI is InChI=1S/C25H34N4O2S2/c1-5-6-7-8-9-13-29-24(31)21(33-25(29)32)14-19-18(3)20(15-26)23(30)27(4)22(19)28-12-10-11-17(2)16-28/h14,17H,5-13,16H2,1-4H3. The van der Waals surface area contributed by atoms with Crippen molar-refractivity contribution >= 4 is 46.1 Å². The van der Waals surface area contributed by atoms with Gasteiger partial charge in [0.15, 0.2) is 0 Å². The van der Waals surface area contributed by atoms with Crippen LogP contribution in [0.2, 0.25) is 0 Å². The van der Waals surface area contributed by atoms with E-state index in [-0.39, 0.29) is 17.0 Å². The van der Waals surface area contributed by atoms with E-state index in [1.165, 1.54) is 31.0 Å². The molecule has 33 heavy (non-hydrogen) atoms. The van der Waals surface area contributed by atoms with Crippen LogP contribution in [-0.2, 0) is 11.8 Å². The summed E-state index contributed by atoms with van der Waals surface area (Å²) >= 11 is 6.84. The maximum absolute atomic E-state index is 13.2. The Balaban J connectivity index is 1.97. The summed E-state index contributed by atoms with van der Waals surface area (Å²) in [6.45, 7) is 8.53. The minimum atomic E-state index is -0.292. The third-order valence-corrected chi connectivity index (χ3v) is 7.94. The van der Waals surface area contributed by atoms with Gasteiger partial charge < -0.3 is 4.90 Å². The Morgan fingerprint density at radius 1 is 1.24 bits per heavy atom. The summed E-state index contributed by atoms with van der Waals surface area (Å²) < 4.78 is 2.15. The molecule has 8 heteroatoms. The van der Waals surface area contributed by atoms with Gasteiger partial charge in [-0.1, -0.05) is 63.5 Å². The van der Waals surface area contributed by atoms with E-state index in [0.29, 0.717) is 27.3 Å². The lowest BCUT2D eigenvalue weighted by Crippen LogP contribution is -2.39. The van der Waals surface area contributed by atoms with Gasteiger partial charge >= 0.3 is 0 Å². The molecular formula is C25H34N4O2S2. The molecule has 0 radical (unpaired) electrons. The number of aromatic nitrogens is 1. The first kappa shape index (κ1) is 25.5. The van der Waals surface area contributed by atoms with Crippen LogP contribution < -0.4 is 10.5 Å². The highest BCUT2D eigenvalue weighted by Gasteiger charge is 2.33. The van der Waals surface area contributed by atoms with Crippen LogP contribution in [0.15, 0.2) is 9.70 Å². The summed E-state index contributed by atoms with van der Waals surface area (Å²) in [4.78, 5) is 30.6. The zero-order valence-electron chi connectivity index (χ0n) is 20.1. The Labute approximate surface area is 206 Å². The highest BCUT2D eigenvalue weighted by Crippen LogP contribution is 2.36. The number of carbonyl (C=O) groups excluding carboxylic acids is 1. The van der Waals surface area contributed by atoms with Crippen molar-refractivity contribution < 1.29 is 4.79 Å². The number of thiocarbonyl (C=S) groups is 1. The van der Waals surface area contributed by atoms with Gasteiger partial charge in [0.2, 0.25) is 0 Å². The number of pyridine rings is 1. The van der Waals surface area contributed by atoms with Gasteiger partial charge in [0, 0.05) is 32.2 Å². The molecule has 0 aromatic carbocycles. The Morgan fingerprint density at radius 2 is 1.97 bits per heavy atom. The van der Waals surface area contributed by atoms with Gasteiger partial charge in [-0.15, -0.1) is 0 Å². The topological polar surface area (TPSA) is 69.3 Å². The van der Waals surface area contributed by atoms with E-state index in [1.807, 2.05) is 6.08 Å². The first-order valence-corrected chi connectivity index (χ1v) is 13.2. The molecule has 1 amide bonds. The molecule has 0 saturated carbocycles. The molecular weight excluding hydrogens is 452 g/mol. The summed E-state index contributed by atoms with van der Waals surface area (Å²) in [6, 6.07) is 2.07. The van der Waals surface area contributed by atoms with E-state index >= 15 is 0 Å². The van der Waals surface area contributed by atoms with Crippen molar-refractivity contribution in [1.82, 2.24) is 9.47 Å². The fraction of sp³-hybridized carbons (Fsp3) is 0.600. The Bertz CT molecular complexity index is 1050. The third kappa shape index (κ3) is 5.52. The van der Waals surface area contributed by atoms with Gasteiger partial charge in [0.1, 0.15) is 21.8 Å². The SMILES string of the molecule is CCCCCCCN1C(=O)C(=Cc2c(C)c(C#N)c(=O)n(C)c2N2CCCC(C)C2)SC1=S. The molecule has 3 heterocycles. The molecule has 0 N–H and O–H groups in total. The van der Waals surface area contributed by atoms with Gasteiger partial charge in [0.25, 0.3) is 11.5 Å². The summed E-state index contributed by atoms with van der Waals surface area (Å²) in [5.41, 5.74) is 1.23. The number of carbonyl (C=O) groups is 1. The second kappa shape index (κ2) is 11.3. The average molecular weight is 487 g/mol. The molecule has 2 fully saturated rings. The van der Waals surface area contributed by atoms with E-state index < -0.39 is 0 Å². The number of piperidine rings is 1. The molecule has 2 aliphatic heterocycles. The van der Waals surface area contributed by atoms with Crippen LogP contribution in [0.25, 0.3) is 6.08 Å². The number of hydrogen-bond donors (Lipinski definition) is 0. The quantitative estimate of drug-likeness (QED) is 0.293. The van der Waals surface area contributed by atoms with Crippen molar-refractivity contribution in [2.75, 3.05) is 24.5 Å². The van der Waals surface area contributed by atoms with Crippen molar-refractivity contribution in [1.29, 1.82) is 5.26 Å². The molecule has 1 aromatic rings.